The van der Waals surface area contributed by atoms with Gasteiger partial charge in [-0.2, -0.15) is 0 Å². The first-order valence-corrected chi connectivity index (χ1v) is 9.74. The first kappa shape index (κ1) is 15.9. The van der Waals surface area contributed by atoms with Gasteiger partial charge in [-0.1, -0.05) is 13.8 Å². The van der Waals surface area contributed by atoms with Crippen molar-refractivity contribution in [1.29, 1.82) is 0 Å². The number of carbonyl (C=O) groups excluding carboxylic acids is 1. The van der Waals surface area contributed by atoms with Crippen LogP contribution in [0.25, 0.3) is 0 Å². The quantitative estimate of drug-likeness (QED) is 0.688. The molecule has 8 unspecified atom stereocenters. The van der Waals surface area contributed by atoms with Crippen LogP contribution in [0.2, 0.25) is 0 Å². The van der Waals surface area contributed by atoms with Crippen LogP contribution in [0, 0.1) is 35.0 Å². The van der Waals surface area contributed by atoms with Crippen molar-refractivity contribution in [2.24, 2.45) is 35.0 Å². The van der Waals surface area contributed by atoms with Crippen LogP contribution in [-0.2, 0) is 9.53 Å². The molecule has 1 saturated heterocycles. The second-order valence-electron chi connectivity index (χ2n) is 9.49. The summed E-state index contributed by atoms with van der Waals surface area (Å²) in [5.74, 6) is 2.78. The van der Waals surface area contributed by atoms with E-state index in [4.69, 9.17) is 4.74 Å². The monoisotopic (exact) mass is 320 g/mol. The largest absolute Gasteiger partial charge is 0.459 e. The zero-order valence-electron chi connectivity index (χ0n) is 14.9. The van der Waals surface area contributed by atoms with E-state index in [1.165, 1.54) is 25.7 Å². The van der Waals surface area contributed by atoms with Gasteiger partial charge in [-0.05, 0) is 81.5 Å². The van der Waals surface area contributed by atoms with Crippen LogP contribution < -0.4 is 0 Å². The van der Waals surface area contributed by atoms with Crippen LogP contribution in [0.3, 0.4) is 0 Å². The minimum absolute atomic E-state index is 0.0166. The Morgan fingerprint density at radius 1 is 1.04 bits per heavy atom. The Morgan fingerprint density at radius 3 is 2.61 bits per heavy atom. The van der Waals surface area contributed by atoms with Gasteiger partial charge in [-0.15, -0.1) is 0 Å². The predicted octanol–water partition coefficient (Wildman–Crippen LogP) is 3.93. The summed E-state index contributed by atoms with van der Waals surface area (Å²) in [7, 11) is 0. The van der Waals surface area contributed by atoms with Crippen molar-refractivity contribution in [3.63, 3.8) is 0 Å². The van der Waals surface area contributed by atoms with Crippen molar-refractivity contribution in [1.82, 2.24) is 0 Å². The van der Waals surface area contributed by atoms with Gasteiger partial charge in [0, 0.05) is 5.92 Å². The summed E-state index contributed by atoms with van der Waals surface area (Å²) in [6.07, 6.45) is 8.85. The molecule has 130 valence electrons. The number of hydrogen-bond donors (Lipinski definition) is 1. The highest BCUT2D eigenvalue weighted by Crippen LogP contribution is 2.63. The minimum atomic E-state index is -0.220. The molecule has 0 bridgehead atoms. The van der Waals surface area contributed by atoms with Crippen LogP contribution in [0.5, 0.6) is 0 Å². The molecule has 23 heavy (non-hydrogen) atoms. The molecule has 0 aromatic rings. The smallest absolute Gasteiger partial charge is 0.309 e. The second kappa shape index (κ2) is 5.21. The molecule has 0 radical (unpaired) electrons. The lowest BCUT2D eigenvalue weighted by Crippen LogP contribution is -2.59. The fourth-order valence-electron chi connectivity index (χ4n) is 6.88. The summed E-state index contributed by atoms with van der Waals surface area (Å²) in [6.45, 7) is 6.73. The predicted molar refractivity (Wildman–Crippen MR) is 88.7 cm³/mol. The summed E-state index contributed by atoms with van der Waals surface area (Å²) < 4.78 is 5.95. The van der Waals surface area contributed by atoms with Crippen LogP contribution in [0.15, 0.2) is 0 Å². The van der Waals surface area contributed by atoms with Gasteiger partial charge in [0.2, 0.25) is 0 Å². The fourth-order valence-corrected chi connectivity index (χ4v) is 6.88. The fraction of sp³-hybridized carbons (Fsp3) is 0.950. The first-order valence-electron chi connectivity index (χ1n) is 9.74. The Kier molecular flexibility index (Phi) is 3.61. The van der Waals surface area contributed by atoms with Crippen molar-refractivity contribution in [3.8, 4) is 0 Å². The van der Waals surface area contributed by atoms with E-state index in [2.05, 4.69) is 13.8 Å². The summed E-state index contributed by atoms with van der Waals surface area (Å²) in [6, 6.07) is 0. The van der Waals surface area contributed by atoms with E-state index in [0.29, 0.717) is 23.2 Å². The Labute approximate surface area is 140 Å². The highest BCUT2D eigenvalue weighted by molar-refractivity contribution is 5.73. The molecule has 4 rings (SSSR count). The van der Waals surface area contributed by atoms with Crippen molar-refractivity contribution in [2.75, 3.05) is 0 Å². The van der Waals surface area contributed by atoms with Crippen LogP contribution in [-0.4, -0.2) is 22.8 Å². The summed E-state index contributed by atoms with van der Waals surface area (Å²) in [5, 5.41) is 10.1. The minimum Gasteiger partial charge on any atom is -0.459 e. The van der Waals surface area contributed by atoms with Crippen molar-refractivity contribution < 1.29 is 14.6 Å². The Morgan fingerprint density at radius 2 is 1.83 bits per heavy atom. The Hall–Kier alpha value is -0.570. The van der Waals surface area contributed by atoms with Gasteiger partial charge in [-0.3, -0.25) is 4.79 Å². The summed E-state index contributed by atoms with van der Waals surface area (Å²) >= 11 is 0. The van der Waals surface area contributed by atoms with Gasteiger partial charge in [0.05, 0.1) is 12.0 Å². The van der Waals surface area contributed by atoms with Gasteiger partial charge in [0.25, 0.3) is 0 Å². The third kappa shape index (κ3) is 2.29. The number of aliphatic hydroxyl groups excluding tert-OH is 1. The lowest BCUT2D eigenvalue weighted by molar-refractivity contribution is -0.211. The molecule has 4 aliphatic rings. The SMILES string of the molecule is CC1CC2C3CCC4CC(O)CCC4(C)C3CCC2(C)OC1=O. The third-order valence-electron chi connectivity index (χ3n) is 8.31. The Balaban J connectivity index is 1.62. The van der Waals surface area contributed by atoms with E-state index >= 15 is 0 Å². The molecule has 8 atom stereocenters. The van der Waals surface area contributed by atoms with Crippen LogP contribution in [0.1, 0.15) is 72.1 Å². The van der Waals surface area contributed by atoms with Gasteiger partial charge < -0.3 is 9.84 Å². The number of ether oxygens (including phenoxy) is 1. The van der Waals surface area contributed by atoms with Crippen LogP contribution in [0.4, 0.5) is 0 Å². The molecule has 3 saturated carbocycles. The molecule has 1 heterocycles. The molecule has 1 N–H and O–H groups in total. The van der Waals surface area contributed by atoms with Crippen molar-refractivity contribution in [2.45, 2.75) is 83.8 Å². The molecule has 1 aliphatic heterocycles. The number of carbonyl (C=O) groups is 1. The molecule has 3 heteroatoms. The van der Waals surface area contributed by atoms with E-state index < -0.39 is 0 Å². The molecule has 3 aliphatic carbocycles. The molecular formula is C20H32O3. The highest BCUT2D eigenvalue weighted by Gasteiger charge is 2.59. The molecule has 4 fully saturated rings. The number of aliphatic hydroxyl groups is 1. The van der Waals surface area contributed by atoms with Crippen molar-refractivity contribution in [3.05, 3.63) is 0 Å². The summed E-state index contributed by atoms with van der Waals surface area (Å²) in [4.78, 5) is 12.1. The lowest BCUT2D eigenvalue weighted by Gasteiger charge is -2.62. The van der Waals surface area contributed by atoms with E-state index in [-0.39, 0.29) is 23.6 Å². The normalized spacial score (nSPS) is 56.1. The summed E-state index contributed by atoms with van der Waals surface area (Å²) in [5.41, 5.74) is 0.177. The van der Waals surface area contributed by atoms with Gasteiger partial charge in [-0.25, -0.2) is 0 Å². The van der Waals surface area contributed by atoms with E-state index in [9.17, 15) is 9.90 Å². The van der Waals surface area contributed by atoms with Gasteiger partial charge in [0.15, 0.2) is 0 Å². The Bertz CT molecular complexity index is 503. The van der Waals surface area contributed by atoms with Gasteiger partial charge in [0.1, 0.15) is 5.60 Å². The molecular weight excluding hydrogens is 288 g/mol. The first-order chi connectivity index (χ1) is 10.8. The number of esters is 1. The van der Waals surface area contributed by atoms with E-state index in [1.807, 2.05) is 6.92 Å². The highest BCUT2D eigenvalue weighted by atomic mass is 16.6. The number of fused-ring (bicyclic) bond motifs is 5. The van der Waals surface area contributed by atoms with Crippen LogP contribution >= 0.6 is 0 Å². The standard InChI is InChI=1S/C20H32O3/c1-12-10-17-15-5-4-13-11-14(21)6-8-19(13,2)16(15)7-9-20(17,3)23-18(12)22/h12-17,21H,4-11H2,1-3H3. The average molecular weight is 320 g/mol. The maximum absolute atomic E-state index is 12.1. The third-order valence-corrected chi connectivity index (χ3v) is 8.31. The van der Waals surface area contributed by atoms with Crippen molar-refractivity contribution >= 4 is 5.97 Å². The zero-order chi connectivity index (χ0) is 16.4. The molecule has 3 nitrogen and oxygen atoms in total. The molecule has 0 aromatic heterocycles. The second-order valence-corrected chi connectivity index (χ2v) is 9.49. The number of hydrogen-bond acceptors (Lipinski definition) is 3. The zero-order valence-corrected chi connectivity index (χ0v) is 14.9. The maximum atomic E-state index is 12.1. The van der Waals surface area contributed by atoms with Gasteiger partial charge >= 0.3 is 5.97 Å². The topological polar surface area (TPSA) is 46.5 Å². The average Bonchev–Trinajstić information content (AvgIpc) is 2.49. The maximum Gasteiger partial charge on any atom is 0.309 e. The van der Waals surface area contributed by atoms with E-state index in [0.717, 1.165) is 31.6 Å². The van der Waals surface area contributed by atoms with E-state index in [1.54, 1.807) is 0 Å². The molecule has 0 aromatic carbocycles. The molecule has 0 amide bonds. The molecule has 0 spiro atoms. The number of rotatable bonds is 0. The lowest BCUT2D eigenvalue weighted by atomic mass is 9.45.